The van der Waals surface area contributed by atoms with Crippen molar-refractivity contribution in [3.8, 4) is 16.9 Å². The highest BCUT2D eigenvalue weighted by atomic mass is 19.4. The molecular formula is C32H31F10NO3. The average molecular weight is 668 g/mol. The number of carbonyl (C=O) groups excluding carboxylic acids is 1. The van der Waals surface area contributed by atoms with Gasteiger partial charge in [0.1, 0.15) is 17.7 Å². The van der Waals surface area contributed by atoms with Crippen LogP contribution in [0.4, 0.5) is 48.7 Å². The molecule has 3 atom stereocenters. The third-order valence-corrected chi connectivity index (χ3v) is 8.38. The predicted molar refractivity (Wildman–Crippen MR) is 148 cm³/mol. The fourth-order valence-electron chi connectivity index (χ4n) is 5.87. The first-order chi connectivity index (χ1) is 21.0. The first-order valence-electron chi connectivity index (χ1n) is 14.2. The van der Waals surface area contributed by atoms with E-state index in [0.29, 0.717) is 6.08 Å². The van der Waals surface area contributed by atoms with Gasteiger partial charge in [-0.25, -0.2) is 9.18 Å². The highest BCUT2D eigenvalue weighted by Gasteiger charge is 2.51. The van der Waals surface area contributed by atoms with Gasteiger partial charge in [0, 0.05) is 41.6 Å². The Balaban J connectivity index is 1.73. The molecule has 1 saturated heterocycles. The second-order valence-corrected chi connectivity index (χ2v) is 12.1. The molecule has 1 fully saturated rings. The van der Waals surface area contributed by atoms with Crippen molar-refractivity contribution in [2.45, 2.75) is 83.7 Å². The molecule has 14 heteroatoms. The number of halogens is 10. The summed E-state index contributed by atoms with van der Waals surface area (Å²) in [5.41, 5.74) is -5.23. The molecule has 1 aliphatic heterocycles. The summed E-state index contributed by atoms with van der Waals surface area (Å²) in [5.74, 6) is -0.883. The smallest absolute Gasteiger partial charge is 0.416 e. The summed E-state index contributed by atoms with van der Waals surface area (Å²) < 4.78 is 149. The van der Waals surface area contributed by atoms with Crippen molar-refractivity contribution in [3.05, 3.63) is 76.1 Å². The molecule has 1 amide bonds. The van der Waals surface area contributed by atoms with E-state index in [-0.39, 0.29) is 46.4 Å². The fourth-order valence-corrected chi connectivity index (χ4v) is 5.87. The van der Waals surface area contributed by atoms with Gasteiger partial charge in [0.05, 0.1) is 18.2 Å². The van der Waals surface area contributed by atoms with Gasteiger partial charge in [-0.05, 0) is 60.2 Å². The van der Waals surface area contributed by atoms with E-state index in [2.05, 4.69) is 0 Å². The molecule has 4 nitrogen and oxygen atoms in total. The van der Waals surface area contributed by atoms with Gasteiger partial charge in [-0.1, -0.05) is 32.9 Å². The van der Waals surface area contributed by atoms with Crippen molar-refractivity contribution in [1.82, 2.24) is 4.90 Å². The van der Waals surface area contributed by atoms with E-state index < -0.39 is 77.7 Å². The lowest BCUT2D eigenvalue weighted by atomic mass is 9.71. The van der Waals surface area contributed by atoms with Gasteiger partial charge in [0.2, 0.25) is 0 Å². The molecule has 0 N–H and O–H groups in total. The van der Waals surface area contributed by atoms with Crippen LogP contribution >= 0.6 is 0 Å². The van der Waals surface area contributed by atoms with Crippen LogP contribution in [-0.2, 0) is 17.5 Å². The minimum Gasteiger partial charge on any atom is -0.496 e. The molecule has 0 spiro atoms. The molecule has 2 aliphatic rings. The van der Waals surface area contributed by atoms with Gasteiger partial charge in [0.25, 0.3) is 0 Å². The van der Waals surface area contributed by atoms with E-state index in [0.717, 1.165) is 36.1 Å². The molecule has 46 heavy (non-hydrogen) atoms. The van der Waals surface area contributed by atoms with Gasteiger partial charge in [-0.2, -0.15) is 39.5 Å². The predicted octanol–water partition coefficient (Wildman–Crippen LogP) is 10.1. The Morgan fingerprint density at radius 2 is 1.63 bits per heavy atom. The number of cyclic esters (lactones) is 1. The van der Waals surface area contributed by atoms with Crippen molar-refractivity contribution in [2.75, 3.05) is 7.11 Å². The van der Waals surface area contributed by atoms with Crippen LogP contribution in [-0.4, -0.2) is 42.6 Å². The minimum atomic E-state index is -5.11. The molecule has 252 valence electrons. The number of allylic oxidation sites excluding steroid dienone is 3. The lowest BCUT2D eigenvalue weighted by molar-refractivity contribution is -0.137. The maximum Gasteiger partial charge on any atom is 0.416 e. The second-order valence-electron chi connectivity index (χ2n) is 12.1. The van der Waals surface area contributed by atoms with Crippen molar-refractivity contribution >= 4 is 6.09 Å². The maximum absolute atomic E-state index is 14.7. The normalized spacial score (nSPS) is 22.9. The Morgan fingerprint density at radius 3 is 2.15 bits per heavy atom. The van der Waals surface area contributed by atoms with E-state index in [1.165, 1.54) is 20.1 Å². The number of amides is 1. The molecule has 2 aromatic carbocycles. The zero-order valence-electron chi connectivity index (χ0n) is 25.3. The molecule has 1 unspecified atom stereocenters. The van der Waals surface area contributed by atoms with Crippen molar-refractivity contribution < 1.29 is 58.2 Å². The Morgan fingerprint density at radius 1 is 0.978 bits per heavy atom. The minimum absolute atomic E-state index is 0.0169. The van der Waals surface area contributed by atoms with E-state index in [1.54, 1.807) is 13.8 Å². The third-order valence-electron chi connectivity index (χ3n) is 8.38. The first-order valence-corrected chi connectivity index (χ1v) is 14.2. The quantitative estimate of drug-likeness (QED) is 0.288. The topological polar surface area (TPSA) is 38.8 Å². The lowest BCUT2D eigenvalue weighted by Gasteiger charge is -2.45. The largest absolute Gasteiger partial charge is 0.496 e. The Hall–Kier alpha value is -3.71. The number of benzene rings is 2. The van der Waals surface area contributed by atoms with Gasteiger partial charge in [-0.3, -0.25) is 0 Å². The second kappa shape index (κ2) is 12.1. The van der Waals surface area contributed by atoms with Crippen LogP contribution in [0.15, 0.2) is 53.6 Å². The lowest BCUT2D eigenvalue weighted by Crippen LogP contribution is -2.52. The summed E-state index contributed by atoms with van der Waals surface area (Å²) >= 11 is 0. The monoisotopic (exact) mass is 667 g/mol. The average Bonchev–Trinajstić information content (AvgIpc) is 2.92. The van der Waals surface area contributed by atoms with Crippen LogP contribution in [0.5, 0.6) is 5.75 Å². The number of hydrogen-bond acceptors (Lipinski definition) is 3. The summed E-state index contributed by atoms with van der Waals surface area (Å²) in [5, 5.41) is 0. The van der Waals surface area contributed by atoms with Gasteiger partial charge in [-0.15, -0.1) is 0 Å². The zero-order valence-corrected chi connectivity index (χ0v) is 25.3. The highest BCUT2D eigenvalue weighted by Crippen LogP contribution is 2.49. The van der Waals surface area contributed by atoms with Crippen molar-refractivity contribution in [3.63, 3.8) is 0 Å². The van der Waals surface area contributed by atoms with Crippen LogP contribution in [0.1, 0.15) is 63.1 Å². The molecule has 0 saturated carbocycles. The number of alkyl halides is 9. The molecule has 0 radical (unpaired) electrons. The summed E-state index contributed by atoms with van der Waals surface area (Å²) in [7, 11) is 1.26. The highest BCUT2D eigenvalue weighted by molar-refractivity contribution is 5.76. The molecule has 1 aliphatic carbocycles. The van der Waals surface area contributed by atoms with Gasteiger partial charge < -0.3 is 14.4 Å². The third kappa shape index (κ3) is 7.15. The van der Waals surface area contributed by atoms with E-state index >= 15 is 0 Å². The summed E-state index contributed by atoms with van der Waals surface area (Å²) in [6, 6.07) is 4.48. The molecule has 1 heterocycles. The SMILES string of the molecule is COc1cc(F)c(C(C)C)cc1-c1ccc(C(F)(F)F)cc1CN1C(=O)O[C@H](C2(C)C=C(C(F)(F)F)C=C(C(F)(F)F)C2)C[C@@H]1C. The molecular weight excluding hydrogens is 636 g/mol. The van der Waals surface area contributed by atoms with E-state index in [9.17, 15) is 48.7 Å². The molecule has 4 rings (SSSR count). The van der Waals surface area contributed by atoms with Crippen molar-refractivity contribution in [2.24, 2.45) is 5.41 Å². The van der Waals surface area contributed by atoms with Crippen LogP contribution in [0.2, 0.25) is 0 Å². The van der Waals surface area contributed by atoms with Crippen LogP contribution in [0.3, 0.4) is 0 Å². The van der Waals surface area contributed by atoms with Crippen LogP contribution in [0, 0.1) is 11.2 Å². The zero-order chi connectivity index (χ0) is 34.6. The van der Waals surface area contributed by atoms with E-state index in [4.69, 9.17) is 9.47 Å². The van der Waals surface area contributed by atoms with Gasteiger partial charge >= 0.3 is 24.6 Å². The summed E-state index contributed by atoms with van der Waals surface area (Å²) in [6.07, 6.45) is -17.9. The number of methoxy groups -OCH3 is 1. The number of hydrogen-bond donors (Lipinski definition) is 0. The summed E-state index contributed by atoms with van der Waals surface area (Å²) in [4.78, 5) is 14.4. The van der Waals surface area contributed by atoms with E-state index in [1.807, 2.05) is 0 Å². The molecule has 0 aromatic heterocycles. The number of nitrogens with zero attached hydrogens (tertiary/aromatic N) is 1. The molecule has 0 bridgehead atoms. The number of ether oxygens (including phenoxy) is 2. The van der Waals surface area contributed by atoms with Crippen LogP contribution in [0.25, 0.3) is 11.1 Å². The molecule has 2 aromatic rings. The Bertz CT molecular complexity index is 1550. The number of rotatable bonds is 6. The maximum atomic E-state index is 14.7. The van der Waals surface area contributed by atoms with Gasteiger partial charge in [0.15, 0.2) is 0 Å². The summed E-state index contributed by atoms with van der Waals surface area (Å²) in [6.45, 7) is 5.57. The Labute approximate surface area is 258 Å². The first kappa shape index (κ1) is 35.1. The fraction of sp³-hybridized carbons (Fsp3) is 0.469. The standard InChI is InChI=1S/C32H31F10NO3/c1-16(2)23-11-24(26(45-5)12-25(23)33)22-7-6-19(30(34,35)36)9-18(22)15-43-17(3)8-27(46-28(43)44)29(4)13-20(31(37,38)39)10-21(14-29)32(40,41)42/h6-7,9-13,16-17,27H,8,14-15H2,1-5H3/t17-,27-,29?/m0/s1. The number of carbonyl (C=O) groups is 1. The van der Waals surface area contributed by atoms with Crippen molar-refractivity contribution in [1.29, 1.82) is 0 Å². The van der Waals surface area contributed by atoms with Crippen LogP contribution < -0.4 is 4.74 Å². The Kier molecular flexibility index (Phi) is 9.28.